The summed E-state index contributed by atoms with van der Waals surface area (Å²) in [4.78, 5) is 34.7. The van der Waals surface area contributed by atoms with Gasteiger partial charge in [0.15, 0.2) is 11.9 Å². The molecule has 3 rings (SSSR count). The van der Waals surface area contributed by atoms with Crippen LogP contribution in [-0.4, -0.2) is 21.4 Å². The summed E-state index contributed by atoms with van der Waals surface area (Å²) < 4.78 is 6.06. The number of ether oxygens (including phenoxy) is 1. The van der Waals surface area contributed by atoms with E-state index in [-0.39, 0.29) is 41.2 Å². The van der Waals surface area contributed by atoms with E-state index in [1.54, 1.807) is 0 Å². The molecule has 2 aliphatic rings. The number of carbonyl (C=O) groups is 2. The summed E-state index contributed by atoms with van der Waals surface area (Å²) >= 11 is 0. The second-order valence-corrected chi connectivity index (χ2v) is 4.10. The third-order valence-electron chi connectivity index (χ3n) is 3.16. The van der Waals surface area contributed by atoms with Crippen molar-refractivity contribution in [3.05, 3.63) is 33.2 Å². The van der Waals surface area contributed by atoms with Gasteiger partial charge < -0.3 is 14.4 Å². The fourth-order valence-corrected chi connectivity index (χ4v) is 2.24. The number of aliphatic hydroxyl groups is 1. The first kappa shape index (κ1) is 10.2. The highest BCUT2D eigenvalue weighted by atomic mass is 16.5. The van der Waals surface area contributed by atoms with E-state index in [1.807, 2.05) is 0 Å². The maximum Gasteiger partial charge on any atom is 0.340 e. The molecule has 0 aromatic carbocycles. The van der Waals surface area contributed by atoms with E-state index < -0.39 is 12.1 Å². The van der Waals surface area contributed by atoms with Crippen LogP contribution in [0.4, 0.5) is 0 Å². The molecule has 0 fully saturated rings. The molecule has 1 unspecified atom stereocenters. The average molecular weight is 235 g/mol. The van der Waals surface area contributed by atoms with Crippen LogP contribution in [0.25, 0.3) is 0 Å². The number of hydrogen-bond acceptors (Lipinski definition) is 5. The number of aromatic nitrogens is 1. The molecule has 0 spiro atoms. The van der Waals surface area contributed by atoms with Crippen LogP contribution in [0.1, 0.15) is 34.1 Å². The molecule has 6 nitrogen and oxygen atoms in total. The second-order valence-electron chi connectivity index (χ2n) is 4.10. The molecule has 1 N–H and O–H groups in total. The highest BCUT2D eigenvalue weighted by Gasteiger charge is 2.33. The van der Waals surface area contributed by atoms with E-state index in [1.165, 1.54) is 10.6 Å². The summed E-state index contributed by atoms with van der Waals surface area (Å²) in [5.41, 5.74) is 0.376. The van der Waals surface area contributed by atoms with Gasteiger partial charge in [-0.1, -0.05) is 0 Å². The van der Waals surface area contributed by atoms with Crippen molar-refractivity contribution in [2.75, 3.05) is 0 Å². The van der Waals surface area contributed by atoms with E-state index in [4.69, 9.17) is 4.74 Å². The molecule has 0 bridgehead atoms. The first-order chi connectivity index (χ1) is 8.09. The van der Waals surface area contributed by atoms with Gasteiger partial charge in [0, 0.05) is 18.5 Å². The summed E-state index contributed by atoms with van der Waals surface area (Å²) in [6.07, 6.45) is -1.19. The predicted molar refractivity (Wildman–Crippen MR) is 54.4 cm³/mol. The minimum Gasteiger partial charge on any atom is -0.458 e. The van der Waals surface area contributed by atoms with Crippen LogP contribution in [0.5, 0.6) is 0 Å². The van der Waals surface area contributed by atoms with E-state index >= 15 is 0 Å². The molecule has 3 heterocycles. The summed E-state index contributed by atoms with van der Waals surface area (Å²) in [5.74, 6) is -0.927. The molecule has 0 saturated carbocycles. The molecule has 88 valence electrons. The Morgan fingerprint density at radius 3 is 2.88 bits per heavy atom. The number of Topliss-reactive ketones (excluding diaryl/α,β-unsaturated/α-hetero) is 1. The largest absolute Gasteiger partial charge is 0.458 e. The molecule has 1 atom stereocenters. The maximum absolute atomic E-state index is 12.0. The average Bonchev–Trinajstić information content (AvgIpc) is 2.67. The molecule has 0 saturated heterocycles. The highest BCUT2D eigenvalue weighted by Crippen LogP contribution is 2.26. The van der Waals surface area contributed by atoms with E-state index in [9.17, 15) is 19.5 Å². The number of nitrogens with zero attached hydrogens (tertiary/aromatic N) is 1. The Kier molecular flexibility index (Phi) is 1.97. The lowest BCUT2D eigenvalue weighted by Gasteiger charge is -2.21. The van der Waals surface area contributed by atoms with Crippen LogP contribution < -0.4 is 5.56 Å². The van der Waals surface area contributed by atoms with Gasteiger partial charge in [0.1, 0.15) is 6.61 Å². The molecular weight excluding hydrogens is 226 g/mol. The van der Waals surface area contributed by atoms with Gasteiger partial charge in [-0.25, -0.2) is 4.79 Å². The molecule has 0 amide bonds. The first-order valence-electron chi connectivity index (χ1n) is 5.24. The van der Waals surface area contributed by atoms with Crippen LogP contribution in [0, 0.1) is 0 Å². The van der Waals surface area contributed by atoms with Crippen molar-refractivity contribution in [1.82, 2.24) is 4.57 Å². The second kappa shape index (κ2) is 3.27. The monoisotopic (exact) mass is 235 g/mol. The van der Waals surface area contributed by atoms with Gasteiger partial charge in [0.2, 0.25) is 0 Å². The van der Waals surface area contributed by atoms with Crippen LogP contribution in [-0.2, 0) is 22.7 Å². The summed E-state index contributed by atoms with van der Waals surface area (Å²) in [5, 5.41) is 9.64. The Morgan fingerprint density at radius 1 is 1.35 bits per heavy atom. The number of carbonyl (C=O) groups excluding carboxylic acids is 2. The number of esters is 1. The van der Waals surface area contributed by atoms with E-state index in [0.29, 0.717) is 6.54 Å². The zero-order chi connectivity index (χ0) is 12.2. The smallest absolute Gasteiger partial charge is 0.340 e. The Bertz CT molecular complexity index is 601. The van der Waals surface area contributed by atoms with Crippen LogP contribution in [0.3, 0.4) is 0 Å². The van der Waals surface area contributed by atoms with Crippen molar-refractivity contribution in [2.24, 2.45) is 0 Å². The third kappa shape index (κ3) is 1.27. The normalized spacial score (nSPS) is 22.1. The van der Waals surface area contributed by atoms with Crippen LogP contribution >= 0.6 is 0 Å². The van der Waals surface area contributed by atoms with E-state index in [0.717, 1.165) is 0 Å². The Morgan fingerprint density at radius 2 is 2.12 bits per heavy atom. The molecule has 6 heteroatoms. The molecule has 1 aromatic rings. The standard InChI is InChI=1S/C11H9NO5/c13-8-1-2-12-7(8)3-5-6(10(12)15)4-17-11(16)9(5)14/h3,9,14H,1-2,4H2. The number of ketones is 1. The Hall–Kier alpha value is -1.95. The number of aliphatic hydroxyl groups excluding tert-OH is 1. The quantitative estimate of drug-likeness (QED) is 0.614. The zero-order valence-corrected chi connectivity index (χ0v) is 8.80. The zero-order valence-electron chi connectivity index (χ0n) is 8.80. The van der Waals surface area contributed by atoms with Gasteiger partial charge in [0.05, 0.1) is 11.3 Å². The number of rotatable bonds is 0. The van der Waals surface area contributed by atoms with Gasteiger partial charge in [-0.2, -0.15) is 0 Å². The lowest BCUT2D eigenvalue weighted by molar-refractivity contribution is -0.157. The third-order valence-corrected chi connectivity index (χ3v) is 3.16. The molecule has 17 heavy (non-hydrogen) atoms. The van der Waals surface area contributed by atoms with Crippen molar-refractivity contribution in [3.63, 3.8) is 0 Å². The fraction of sp³-hybridized carbons (Fsp3) is 0.364. The van der Waals surface area contributed by atoms with Gasteiger partial charge in [0.25, 0.3) is 5.56 Å². The Balaban J connectivity index is 2.30. The van der Waals surface area contributed by atoms with Gasteiger partial charge in [-0.15, -0.1) is 0 Å². The van der Waals surface area contributed by atoms with Crippen LogP contribution in [0.2, 0.25) is 0 Å². The molecule has 2 aliphatic heterocycles. The molecule has 1 aromatic heterocycles. The van der Waals surface area contributed by atoms with Gasteiger partial charge >= 0.3 is 5.97 Å². The molecule has 0 aliphatic carbocycles. The number of pyridine rings is 1. The summed E-state index contributed by atoms with van der Waals surface area (Å²) in [6.45, 7) is 0.211. The minimum absolute atomic E-state index is 0.140. The summed E-state index contributed by atoms with van der Waals surface area (Å²) in [6, 6.07) is 1.43. The lowest BCUT2D eigenvalue weighted by atomic mass is 10.0. The van der Waals surface area contributed by atoms with E-state index in [2.05, 4.69) is 0 Å². The molecular formula is C11H9NO5. The van der Waals surface area contributed by atoms with Crippen LogP contribution in [0.15, 0.2) is 10.9 Å². The highest BCUT2D eigenvalue weighted by molar-refractivity contribution is 5.96. The van der Waals surface area contributed by atoms with Crippen molar-refractivity contribution in [3.8, 4) is 0 Å². The lowest BCUT2D eigenvalue weighted by Crippen LogP contribution is -2.33. The first-order valence-corrected chi connectivity index (χ1v) is 5.24. The maximum atomic E-state index is 12.0. The SMILES string of the molecule is O=C1CCn2c1cc1c(c2=O)COC(=O)C1O. The number of cyclic esters (lactones) is 1. The summed E-state index contributed by atoms with van der Waals surface area (Å²) in [7, 11) is 0. The topological polar surface area (TPSA) is 85.6 Å². The number of hydrogen-bond donors (Lipinski definition) is 1. The molecule has 0 radical (unpaired) electrons. The van der Waals surface area contributed by atoms with Crippen molar-refractivity contribution < 1.29 is 19.4 Å². The van der Waals surface area contributed by atoms with Crippen molar-refractivity contribution >= 4 is 11.8 Å². The van der Waals surface area contributed by atoms with Crippen molar-refractivity contribution in [1.29, 1.82) is 0 Å². The van der Waals surface area contributed by atoms with Gasteiger partial charge in [-0.05, 0) is 6.07 Å². The predicted octanol–water partition coefficient (Wildman–Crippen LogP) is -0.475. The van der Waals surface area contributed by atoms with Crippen molar-refractivity contribution in [2.45, 2.75) is 25.7 Å². The fourth-order valence-electron chi connectivity index (χ4n) is 2.24. The minimum atomic E-state index is -1.47. The van der Waals surface area contributed by atoms with Gasteiger partial charge in [-0.3, -0.25) is 9.59 Å². The number of fused-ring (bicyclic) bond motifs is 2. The Labute approximate surface area is 95.4 Å².